The zero-order valence-electron chi connectivity index (χ0n) is 14.4. The molecular weight excluding hydrogens is 292 g/mol. The summed E-state index contributed by atoms with van der Waals surface area (Å²) in [5.41, 5.74) is -0.465. The molecule has 1 heterocycles. The summed E-state index contributed by atoms with van der Waals surface area (Å²) in [6, 6.07) is 0.294. The van der Waals surface area contributed by atoms with E-state index >= 15 is 0 Å². The molecule has 2 atom stereocenters. The second-order valence-electron chi connectivity index (χ2n) is 7.68. The Morgan fingerprint density at radius 3 is 2.61 bits per heavy atom. The molecule has 0 radical (unpaired) electrons. The van der Waals surface area contributed by atoms with Gasteiger partial charge in [-0.15, -0.1) is 0 Å². The molecule has 2 aliphatic carbocycles. The largest absolute Gasteiger partial charge is 0.389 e. The molecule has 5 heteroatoms. The number of hydrogen-bond donors (Lipinski definition) is 2. The van der Waals surface area contributed by atoms with Crippen molar-refractivity contribution < 1.29 is 14.6 Å². The van der Waals surface area contributed by atoms with E-state index in [1.165, 1.54) is 6.42 Å². The quantitative estimate of drug-likeness (QED) is 0.780. The summed E-state index contributed by atoms with van der Waals surface area (Å²) in [4.78, 5) is 14.5. The molecule has 2 unspecified atom stereocenters. The monoisotopic (exact) mass is 324 g/mol. The summed E-state index contributed by atoms with van der Waals surface area (Å²) in [7, 11) is 0. The minimum absolute atomic E-state index is 0.0796. The summed E-state index contributed by atoms with van der Waals surface area (Å²) in [5, 5.41) is 13.9. The van der Waals surface area contributed by atoms with Gasteiger partial charge in [0.25, 0.3) is 0 Å². The van der Waals surface area contributed by atoms with Crippen LogP contribution in [0.2, 0.25) is 0 Å². The molecule has 132 valence electrons. The zero-order valence-corrected chi connectivity index (χ0v) is 14.4. The van der Waals surface area contributed by atoms with Crippen LogP contribution in [0.3, 0.4) is 0 Å². The van der Waals surface area contributed by atoms with Crippen molar-refractivity contribution in [3.63, 3.8) is 0 Å². The number of nitrogens with zero attached hydrogens (tertiary/aromatic N) is 1. The Bertz CT molecular complexity index is 401. The third kappa shape index (κ3) is 4.68. The summed E-state index contributed by atoms with van der Waals surface area (Å²) in [6.45, 7) is 5.43. The number of β-amino-alcohol motifs (C(OH)–C–C–N with tert-alkyl or cyclic N) is 1. The van der Waals surface area contributed by atoms with Crippen molar-refractivity contribution in [2.75, 3.05) is 26.2 Å². The number of amides is 1. The molecule has 0 bridgehead atoms. The number of rotatable bonds is 6. The maximum Gasteiger partial charge on any atom is 0.226 e. The van der Waals surface area contributed by atoms with Gasteiger partial charge in [-0.05, 0) is 39.0 Å². The van der Waals surface area contributed by atoms with Crippen LogP contribution >= 0.6 is 0 Å². The van der Waals surface area contributed by atoms with Crippen LogP contribution in [0.4, 0.5) is 0 Å². The van der Waals surface area contributed by atoms with Crippen LogP contribution in [0.1, 0.15) is 58.3 Å². The lowest BCUT2D eigenvalue weighted by Crippen LogP contribution is -2.50. The van der Waals surface area contributed by atoms with Gasteiger partial charge in [0.05, 0.1) is 17.6 Å². The number of piperidine rings is 1. The third-order valence-corrected chi connectivity index (χ3v) is 5.69. The fraction of sp³-hybridized carbons (Fsp3) is 0.944. The molecule has 3 fully saturated rings. The zero-order chi connectivity index (χ0) is 16.3. The van der Waals surface area contributed by atoms with Crippen molar-refractivity contribution in [2.24, 2.45) is 5.92 Å². The molecule has 0 aromatic carbocycles. The molecular formula is C18H32N2O3. The second kappa shape index (κ2) is 7.49. The molecule has 3 aliphatic rings. The number of likely N-dealkylation sites (tertiary alicyclic amines) is 1. The summed E-state index contributed by atoms with van der Waals surface area (Å²) in [6.07, 6.45) is 8.50. The normalized spacial score (nSPS) is 31.7. The Balaban J connectivity index is 1.36. The maximum absolute atomic E-state index is 12.2. The van der Waals surface area contributed by atoms with Gasteiger partial charge in [-0.1, -0.05) is 19.3 Å². The first-order valence-electron chi connectivity index (χ1n) is 9.46. The molecule has 1 saturated heterocycles. The minimum Gasteiger partial charge on any atom is -0.389 e. The van der Waals surface area contributed by atoms with Gasteiger partial charge >= 0.3 is 0 Å². The second-order valence-corrected chi connectivity index (χ2v) is 7.68. The Morgan fingerprint density at radius 1 is 1.26 bits per heavy atom. The first-order valence-corrected chi connectivity index (χ1v) is 9.46. The topological polar surface area (TPSA) is 61.8 Å². The van der Waals surface area contributed by atoms with Crippen molar-refractivity contribution in [1.82, 2.24) is 10.2 Å². The third-order valence-electron chi connectivity index (χ3n) is 5.69. The SMILES string of the molecule is CCOC1CC1C(=O)NC1CCN(CC2(O)CCCCC2)CC1. The highest BCUT2D eigenvalue weighted by Crippen LogP contribution is 2.34. The van der Waals surface area contributed by atoms with Gasteiger partial charge < -0.3 is 20.1 Å². The van der Waals surface area contributed by atoms with E-state index in [1.54, 1.807) is 0 Å². The number of carbonyl (C=O) groups excluding carboxylic acids is 1. The number of ether oxygens (including phenoxy) is 1. The van der Waals surface area contributed by atoms with E-state index in [-0.39, 0.29) is 17.9 Å². The Morgan fingerprint density at radius 2 is 1.96 bits per heavy atom. The highest BCUT2D eigenvalue weighted by Gasteiger charge is 2.44. The fourth-order valence-corrected chi connectivity index (χ4v) is 4.17. The molecule has 0 spiro atoms. The van der Waals surface area contributed by atoms with Crippen LogP contribution in [-0.4, -0.2) is 59.9 Å². The Hall–Kier alpha value is -0.650. The molecule has 3 rings (SSSR count). The van der Waals surface area contributed by atoms with Crippen LogP contribution in [0.5, 0.6) is 0 Å². The van der Waals surface area contributed by atoms with Crippen molar-refractivity contribution in [3.8, 4) is 0 Å². The van der Waals surface area contributed by atoms with Crippen LogP contribution in [0, 0.1) is 5.92 Å². The molecule has 2 N–H and O–H groups in total. The van der Waals surface area contributed by atoms with E-state index in [4.69, 9.17) is 4.74 Å². The highest BCUT2D eigenvalue weighted by atomic mass is 16.5. The molecule has 1 aliphatic heterocycles. The Labute approximate surface area is 139 Å². The van der Waals surface area contributed by atoms with Gasteiger partial charge in [-0.25, -0.2) is 0 Å². The number of aliphatic hydroxyl groups is 1. The van der Waals surface area contributed by atoms with Crippen molar-refractivity contribution in [2.45, 2.75) is 76.0 Å². The van der Waals surface area contributed by atoms with Crippen LogP contribution in [0.15, 0.2) is 0 Å². The van der Waals surface area contributed by atoms with Gasteiger partial charge in [0.15, 0.2) is 0 Å². The van der Waals surface area contributed by atoms with Gasteiger partial charge in [0.1, 0.15) is 0 Å². The fourth-order valence-electron chi connectivity index (χ4n) is 4.17. The lowest BCUT2D eigenvalue weighted by molar-refractivity contribution is -0.124. The molecule has 5 nitrogen and oxygen atoms in total. The Kier molecular flexibility index (Phi) is 5.60. The predicted molar refractivity (Wildman–Crippen MR) is 89.2 cm³/mol. The molecule has 0 aromatic rings. The van der Waals surface area contributed by atoms with Gasteiger partial charge in [-0.3, -0.25) is 4.79 Å². The van der Waals surface area contributed by atoms with E-state index < -0.39 is 5.60 Å². The van der Waals surface area contributed by atoms with Gasteiger partial charge in [0.2, 0.25) is 5.91 Å². The van der Waals surface area contributed by atoms with Gasteiger partial charge in [-0.2, -0.15) is 0 Å². The van der Waals surface area contributed by atoms with E-state index in [0.29, 0.717) is 12.6 Å². The first kappa shape index (κ1) is 17.2. The standard InChI is InChI=1S/C18H32N2O3/c1-2-23-16-12-15(16)17(21)19-14-6-10-20(11-7-14)13-18(22)8-4-3-5-9-18/h14-16,22H,2-13H2,1H3,(H,19,21). The van der Waals surface area contributed by atoms with Crippen LogP contribution in [-0.2, 0) is 9.53 Å². The number of carbonyl (C=O) groups is 1. The molecule has 23 heavy (non-hydrogen) atoms. The smallest absolute Gasteiger partial charge is 0.226 e. The summed E-state index contributed by atoms with van der Waals surface area (Å²) in [5.74, 6) is 0.253. The van der Waals surface area contributed by atoms with E-state index in [2.05, 4.69) is 10.2 Å². The van der Waals surface area contributed by atoms with Gasteiger partial charge in [0, 0.05) is 32.3 Å². The summed E-state index contributed by atoms with van der Waals surface area (Å²) < 4.78 is 5.49. The molecule has 2 saturated carbocycles. The van der Waals surface area contributed by atoms with Crippen LogP contribution in [0.25, 0.3) is 0 Å². The molecule has 0 aromatic heterocycles. The average Bonchev–Trinajstić information content (AvgIpc) is 3.30. The van der Waals surface area contributed by atoms with Crippen molar-refractivity contribution in [1.29, 1.82) is 0 Å². The lowest BCUT2D eigenvalue weighted by atomic mass is 9.84. The maximum atomic E-state index is 12.2. The highest BCUT2D eigenvalue weighted by molar-refractivity contribution is 5.82. The number of hydrogen-bond acceptors (Lipinski definition) is 4. The van der Waals surface area contributed by atoms with E-state index in [0.717, 1.165) is 64.6 Å². The number of nitrogens with one attached hydrogen (secondary N) is 1. The average molecular weight is 324 g/mol. The van der Waals surface area contributed by atoms with Crippen LogP contribution < -0.4 is 5.32 Å². The van der Waals surface area contributed by atoms with Crippen molar-refractivity contribution >= 4 is 5.91 Å². The van der Waals surface area contributed by atoms with Crippen molar-refractivity contribution in [3.05, 3.63) is 0 Å². The van der Waals surface area contributed by atoms with E-state index in [1.807, 2.05) is 6.92 Å². The predicted octanol–water partition coefficient (Wildman–Crippen LogP) is 1.69. The molecule has 1 amide bonds. The van der Waals surface area contributed by atoms with E-state index in [9.17, 15) is 9.90 Å². The summed E-state index contributed by atoms with van der Waals surface area (Å²) >= 11 is 0. The minimum atomic E-state index is -0.465. The lowest BCUT2D eigenvalue weighted by Gasteiger charge is -2.40. The first-order chi connectivity index (χ1) is 11.1.